The van der Waals surface area contributed by atoms with Gasteiger partial charge in [0.15, 0.2) is 6.61 Å². The fraction of sp³-hybridized carbons (Fsp3) is 0.0526. The number of para-hydroxylation sites is 1. The molecule has 0 aliphatic rings. The second-order valence-electron chi connectivity index (χ2n) is 5.12. The fourth-order valence-electron chi connectivity index (χ4n) is 2.13. The highest BCUT2D eigenvalue weighted by Gasteiger charge is 2.12. The summed E-state index contributed by atoms with van der Waals surface area (Å²) in [7, 11) is 0. The number of ether oxygens (including phenoxy) is 1. The predicted molar refractivity (Wildman–Crippen MR) is 96.7 cm³/mol. The van der Waals surface area contributed by atoms with E-state index in [9.17, 15) is 9.59 Å². The van der Waals surface area contributed by atoms with Crippen molar-refractivity contribution in [1.29, 1.82) is 0 Å². The zero-order valence-electron chi connectivity index (χ0n) is 13.3. The SMILES string of the molecule is O=C(COC(=O)c1ccc[nH]1)Nc1ccccc1Sc1ccccc1. The lowest BCUT2D eigenvalue weighted by Gasteiger charge is -2.11. The van der Waals surface area contributed by atoms with E-state index in [4.69, 9.17) is 4.74 Å². The Morgan fingerprint density at radius 3 is 2.48 bits per heavy atom. The Labute approximate surface area is 149 Å². The van der Waals surface area contributed by atoms with Crippen molar-refractivity contribution >= 4 is 29.3 Å². The number of hydrogen-bond acceptors (Lipinski definition) is 4. The van der Waals surface area contributed by atoms with Gasteiger partial charge in [-0.2, -0.15) is 0 Å². The van der Waals surface area contributed by atoms with Crippen molar-refractivity contribution in [3.63, 3.8) is 0 Å². The van der Waals surface area contributed by atoms with Crippen LogP contribution in [-0.4, -0.2) is 23.5 Å². The van der Waals surface area contributed by atoms with Crippen LogP contribution in [0.15, 0.2) is 82.7 Å². The average molecular weight is 352 g/mol. The number of amides is 1. The van der Waals surface area contributed by atoms with Crippen molar-refractivity contribution in [2.24, 2.45) is 0 Å². The van der Waals surface area contributed by atoms with E-state index >= 15 is 0 Å². The van der Waals surface area contributed by atoms with Gasteiger partial charge in [-0.3, -0.25) is 4.79 Å². The number of carbonyl (C=O) groups excluding carboxylic acids is 2. The van der Waals surface area contributed by atoms with Gasteiger partial charge in [0.2, 0.25) is 0 Å². The molecule has 1 heterocycles. The smallest absolute Gasteiger partial charge is 0.355 e. The molecule has 0 fully saturated rings. The third kappa shape index (κ3) is 4.74. The van der Waals surface area contributed by atoms with Crippen LogP contribution in [0.1, 0.15) is 10.5 Å². The molecule has 0 spiro atoms. The highest BCUT2D eigenvalue weighted by Crippen LogP contribution is 2.33. The number of aromatic nitrogens is 1. The topological polar surface area (TPSA) is 71.2 Å². The summed E-state index contributed by atoms with van der Waals surface area (Å²) >= 11 is 1.55. The second-order valence-corrected chi connectivity index (χ2v) is 6.23. The third-order valence-electron chi connectivity index (χ3n) is 3.28. The molecule has 3 aromatic rings. The summed E-state index contributed by atoms with van der Waals surface area (Å²) < 4.78 is 4.99. The van der Waals surface area contributed by atoms with Gasteiger partial charge in [-0.25, -0.2) is 4.79 Å². The zero-order valence-corrected chi connectivity index (χ0v) is 14.1. The number of nitrogens with one attached hydrogen (secondary N) is 2. The standard InChI is InChI=1S/C19H16N2O3S/c22-18(13-24-19(23)16-10-6-12-20-16)21-15-9-4-5-11-17(15)25-14-7-2-1-3-8-14/h1-12,20H,13H2,(H,21,22). The van der Waals surface area contributed by atoms with E-state index in [2.05, 4.69) is 10.3 Å². The minimum absolute atomic E-state index is 0.313. The maximum Gasteiger partial charge on any atom is 0.355 e. The quantitative estimate of drug-likeness (QED) is 0.659. The van der Waals surface area contributed by atoms with Gasteiger partial charge in [-0.05, 0) is 36.4 Å². The molecule has 2 aromatic carbocycles. The monoisotopic (exact) mass is 352 g/mol. The third-order valence-corrected chi connectivity index (χ3v) is 4.37. The molecule has 5 nitrogen and oxygen atoms in total. The maximum absolute atomic E-state index is 12.1. The molecule has 0 aliphatic carbocycles. The maximum atomic E-state index is 12.1. The summed E-state index contributed by atoms with van der Waals surface area (Å²) in [5.74, 6) is -0.951. The molecular weight excluding hydrogens is 336 g/mol. The van der Waals surface area contributed by atoms with E-state index in [1.54, 1.807) is 30.1 Å². The molecule has 1 amide bonds. The van der Waals surface area contributed by atoms with Crippen LogP contribution in [0.2, 0.25) is 0 Å². The second kappa shape index (κ2) is 8.21. The Morgan fingerprint density at radius 1 is 0.960 bits per heavy atom. The van der Waals surface area contributed by atoms with Crippen LogP contribution < -0.4 is 5.32 Å². The molecular formula is C19H16N2O3S. The molecule has 25 heavy (non-hydrogen) atoms. The molecule has 0 saturated carbocycles. The van der Waals surface area contributed by atoms with Gasteiger partial charge in [0.05, 0.1) is 5.69 Å². The number of benzene rings is 2. The molecule has 0 atom stereocenters. The number of rotatable bonds is 6. The largest absolute Gasteiger partial charge is 0.451 e. The first kappa shape index (κ1) is 16.9. The zero-order chi connectivity index (χ0) is 17.5. The summed E-state index contributed by atoms with van der Waals surface area (Å²) in [5.41, 5.74) is 0.991. The van der Waals surface area contributed by atoms with Crippen molar-refractivity contribution < 1.29 is 14.3 Å². The Kier molecular flexibility index (Phi) is 5.53. The summed E-state index contributed by atoms with van der Waals surface area (Å²) in [6, 6.07) is 20.7. The van der Waals surface area contributed by atoms with E-state index in [1.165, 1.54) is 0 Å². The minimum Gasteiger partial charge on any atom is -0.451 e. The molecule has 0 unspecified atom stereocenters. The van der Waals surface area contributed by atoms with E-state index < -0.39 is 5.97 Å². The predicted octanol–water partition coefficient (Wildman–Crippen LogP) is 3.96. The van der Waals surface area contributed by atoms with E-state index in [1.807, 2.05) is 54.6 Å². The number of aromatic amines is 1. The molecule has 6 heteroatoms. The molecule has 0 saturated heterocycles. The minimum atomic E-state index is -0.563. The lowest BCUT2D eigenvalue weighted by molar-refractivity contribution is -0.119. The molecule has 126 valence electrons. The Hall–Kier alpha value is -2.99. The van der Waals surface area contributed by atoms with E-state index in [0.717, 1.165) is 9.79 Å². The molecule has 2 N–H and O–H groups in total. The van der Waals surface area contributed by atoms with Gasteiger partial charge in [-0.1, -0.05) is 42.1 Å². The lowest BCUT2D eigenvalue weighted by atomic mass is 10.3. The number of anilines is 1. The molecule has 1 aromatic heterocycles. The van der Waals surface area contributed by atoms with E-state index in [0.29, 0.717) is 11.4 Å². The van der Waals surface area contributed by atoms with Crippen molar-refractivity contribution in [1.82, 2.24) is 4.98 Å². The fourth-order valence-corrected chi connectivity index (χ4v) is 3.05. The van der Waals surface area contributed by atoms with Gasteiger partial charge in [0.1, 0.15) is 5.69 Å². The van der Waals surface area contributed by atoms with Crippen molar-refractivity contribution in [2.45, 2.75) is 9.79 Å². The van der Waals surface area contributed by atoms with Crippen LogP contribution in [-0.2, 0) is 9.53 Å². The Bertz CT molecular complexity index is 848. The van der Waals surface area contributed by atoms with Gasteiger partial charge < -0.3 is 15.0 Å². The Morgan fingerprint density at radius 2 is 1.72 bits per heavy atom. The summed E-state index contributed by atoms with van der Waals surface area (Å²) in [6.45, 7) is -0.345. The normalized spacial score (nSPS) is 10.2. The van der Waals surface area contributed by atoms with E-state index in [-0.39, 0.29) is 12.5 Å². The van der Waals surface area contributed by atoms with Crippen LogP contribution in [0.25, 0.3) is 0 Å². The molecule has 0 bridgehead atoms. The van der Waals surface area contributed by atoms with Crippen molar-refractivity contribution in [3.8, 4) is 0 Å². The summed E-state index contributed by atoms with van der Waals surface area (Å²) in [5, 5.41) is 2.78. The first-order valence-corrected chi connectivity index (χ1v) is 8.46. The first-order valence-electron chi connectivity index (χ1n) is 7.64. The van der Waals surface area contributed by atoms with Crippen LogP contribution >= 0.6 is 11.8 Å². The molecule has 0 aliphatic heterocycles. The van der Waals surface area contributed by atoms with Crippen LogP contribution in [0.5, 0.6) is 0 Å². The number of H-pyrrole nitrogens is 1. The Balaban J connectivity index is 1.60. The molecule has 0 radical (unpaired) electrons. The number of esters is 1. The van der Waals surface area contributed by atoms with Gasteiger partial charge in [0.25, 0.3) is 5.91 Å². The number of carbonyl (C=O) groups is 2. The van der Waals surface area contributed by atoms with Crippen LogP contribution in [0, 0.1) is 0 Å². The summed E-state index contributed by atoms with van der Waals surface area (Å²) in [6.07, 6.45) is 1.62. The highest BCUT2D eigenvalue weighted by atomic mass is 32.2. The van der Waals surface area contributed by atoms with Crippen molar-refractivity contribution in [2.75, 3.05) is 11.9 Å². The van der Waals surface area contributed by atoms with Crippen LogP contribution in [0.4, 0.5) is 5.69 Å². The van der Waals surface area contributed by atoms with Gasteiger partial charge in [0, 0.05) is 16.0 Å². The van der Waals surface area contributed by atoms with Crippen molar-refractivity contribution in [3.05, 3.63) is 78.6 Å². The van der Waals surface area contributed by atoms with Gasteiger partial charge in [-0.15, -0.1) is 0 Å². The number of hydrogen-bond donors (Lipinski definition) is 2. The highest BCUT2D eigenvalue weighted by molar-refractivity contribution is 7.99. The average Bonchev–Trinajstić information content (AvgIpc) is 3.17. The van der Waals surface area contributed by atoms with Crippen LogP contribution in [0.3, 0.4) is 0 Å². The summed E-state index contributed by atoms with van der Waals surface area (Å²) in [4.78, 5) is 28.5. The first-order chi connectivity index (χ1) is 12.2. The van der Waals surface area contributed by atoms with Gasteiger partial charge >= 0.3 is 5.97 Å². The molecule has 3 rings (SSSR count). The lowest BCUT2D eigenvalue weighted by Crippen LogP contribution is -2.21.